The molecule has 8 nitrogen and oxygen atoms in total. The third-order valence-corrected chi connectivity index (χ3v) is 7.39. The van der Waals surface area contributed by atoms with Crippen LogP contribution in [0, 0.1) is 5.92 Å². The lowest BCUT2D eigenvalue weighted by Crippen LogP contribution is -2.30. The minimum atomic E-state index is -3.74. The van der Waals surface area contributed by atoms with Crippen LogP contribution in [0.1, 0.15) is 73.5 Å². The van der Waals surface area contributed by atoms with Crippen molar-refractivity contribution in [3.63, 3.8) is 0 Å². The predicted molar refractivity (Wildman–Crippen MR) is 130 cm³/mol. The Labute approximate surface area is 199 Å². The van der Waals surface area contributed by atoms with Crippen LogP contribution in [-0.4, -0.2) is 42.0 Å². The van der Waals surface area contributed by atoms with Gasteiger partial charge in [-0.3, -0.25) is 4.79 Å². The Kier molecular flexibility index (Phi) is 6.29. The molecule has 2 fully saturated rings. The van der Waals surface area contributed by atoms with Crippen molar-refractivity contribution in [3.05, 3.63) is 47.8 Å². The van der Waals surface area contributed by atoms with E-state index in [0.29, 0.717) is 29.8 Å². The summed E-state index contributed by atoms with van der Waals surface area (Å²) in [6.07, 6.45) is 10.2. The van der Waals surface area contributed by atoms with E-state index in [1.807, 2.05) is 35.1 Å². The zero-order valence-electron chi connectivity index (χ0n) is 19.4. The molecule has 0 radical (unpaired) electrons. The van der Waals surface area contributed by atoms with Crippen LogP contribution in [0.3, 0.4) is 0 Å². The summed E-state index contributed by atoms with van der Waals surface area (Å²) in [5.41, 5.74) is 2.26. The molecule has 2 saturated carbocycles. The molecule has 1 aromatic carbocycles. The maximum atomic E-state index is 12.8. The Morgan fingerprint density at radius 1 is 1.09 bits per heavy atom. The summed E-state index contributed by atoms with van der Waals surface area (Å²) in [5.74, 6) is 0.569. The quantitative estimate of drug-likeness (QED) is 0.537. The summed E-state index contributed by atoms with van der Waals surface area (Å²) < 4.78 is 33.6. The summed E-state index contributed by atoms with van der Waals surface area (Å²) in [4.78, 5) is 17.4. The highest BCUT2D eigenvalue weighted by molar-refractivity contribution is 7.89. The number of nitrogens with one attached hydrogen (secondary N) is 1. The lowest BCUT2D eigenvalue weighted by molar-refractivity contribution is 0.0976. The molecule has 34 heavy (non-hydrogen) atoms. The third kappa shape index (κ3) is 4.80. The van der Waals surface area contributed by atoms with Crippen LogP contribution in [0.4, 0.5) is 0 Å². The van der Waals surface area contributed by atoms with Gasteiger partial charge < -0.3 is 4.74 Å². The zero-order chi connectivity index (χ0) is 23.7. The molecule has 2 aliphatic carbocycles. The van der Waals surface area contributed by atoms with Gasteiger partial charge in [-0.2, -0.15) is 5.10 Å². The average Bonchev–Trinajstić information content (AvgIpc) is 3.15. The summed E-state index contributed by atoms with van der Waals surface area (Å²) in [7, 11) is -3.74. The van der Waals surface area contributed by atoms with Gasteiger partial charge in [0.1, 0.15) is 11.4 Å². The Morgan fingerprint density at radius 2 is 1.82 bits per heavy atom. The van der Waals surface area contributed by atoms with Gasteiger partial charge in [0.25, 0.3) is 5.91 Å². The molecule has 5 rings (SSSR count). The number of benzene rings is 1. The standard InChI is InChI=1S/C25H30N4O4S/c1-34(31,32)28-25(30)20-15-21(33-16-17-9-4-2-5-10-17)22-23(18-11-8-12-18)27-29(24(22)26-20)19-13-6-3-7-14-19/h3,6-7,13-15,17-18H,2,4-5,8-12,16H2,1H3,(H,28,30). The van der Waals surface area contributed by atoms with Crippen molar-refractivity contribution in [2.45, 2.75) is 57.3 Å². The molecular formula is C25H30N4O4S. The maximum Gasteiger partial charge on any atom is 0.283 e. The van der Waals surface area contributed by atoms with Crippen LogP contribution in [0.25, 0.3) is 16.7 Å². The summed E-state index contributed by atoms with van der Waals surface area (Å²) >= 11 is 0. The van der Waals surface area contributed by atoms with Crippen molar-refractivity contribution in [3.8, 4) is 11.4 Å². The number of amides is 1. The molecule has 180 valence electrons. The number of hydrogen-bond acceptors (Lipinski definition) is 6. The average molecular weight is 483 g/mol. The molecule has 0 atom stereocenters. The molecule has 0 saturated heterocycles. The monoisotopic (exact) mass is 482 g/mol. The highest BCUT2D eigenvalue weighted by Crippen LogP contribution is 2.42. The number of rotatable bonds is 7. The van der Waals surface area contributed by atoms with E-state index in [0.717, 1.165) is 55.1 Å². The van der Waals surface area contributed by atoms with Crippen LogP contribution < -0.4 is 9.46 Å². The van der Waals surface area contributed by atoms with Gasteiger partial charge in [-0.15, -0.1) is 0 Å². The van der Waals surface area contributed by atoms with Crippen LogP contribution in [0.2, 0.25) is 0 Å². The van der Waals surface area contributed by atoms with Crippen molar-refractivity contribution < 1.29 is 17.9 Å². The fraction of sp³-hybridized carbons (Fsp3) is 0.480. The Balaban J connectivity index is 1.64. The summed E-state index contributed by atoms with van der Waals surface area (Å²) in [6.45, 7) is 0.562. The van der Waals surface area contributed by atoms with E-state index < -0.39 is 15.9 Å². The molecule has 0 bridgehead atoms. The van der Waals surface area contributed by atoms with Gasteiger partial charge in [0.2, 0.25) is 10.0 Å². The number of para-hydroxylation sites is 1. The van der Waals surface area contributed by atoms with E-state index in [1.165, 1.54) is 19.3 Å². The number of fused-ring (bicyclic) bond motifs is 1. The minimum absolute atomic E-state index is 0.00573. The van der Waals surface area contributed by atoms with Crippen LogP contribution in [0.5, 0.6) is 5.75 Å². The van der Waals surface area contributed by atoms with Crippen LogP contribution >= 0.6 is 0 Å². The maximum absolute atomic E-state index is 12.8. The number of carbonyl (C=O) groups is 1. The molecule has 2 aliphatic rings. The minimum Gasteiger partial charge on any atom is -0.492 e. The number of hydrogen-bond donors (Lipinski definition) is 1. The van der Waals surface area contributed by atoms with Gasteiger partial charge in [0, 0.05) is 12.0 Å². The van der Waals surface area contributed by atoms with Crippen molar-refractivity contribution in [1.82, 2.24) is 19.5 Å². The molecular weight excluding hydrogens is 452 g/mol. The van der Waals surface area contributed by atoms with Crippen molar-refractivity contribution >= 4 is 27.0 Å². The normalized spacial score (nSPS) is 17.4. The van der Waals surface area contributed by atoms with Crippen LogP contribution in [0.15, 0.2) is 36.4 Å². The first-order valence-electron chi connectivity index (χ1n) is 12.0. The zero-order valence-corrected chi connectivity index (χ0v) is 20.2. The number of sulfonamides is 1. The first-order valence-corrected chi connectivity index (χ1v) is 13.9. The van der Waals surface area contributed by atoms with Crippen molar-refractivity contribution in [1.29, 1.82) is 0 Å². The van der Waals surface area contributed by atoms with Crippen molar-refractivity contribution in [2.75, 3.05) is 12.9 Å². The fourth-order valence-corrected chi connectivity index (χ4v) is 5.28. The Hall–Kier alpha value is -2.94. The molecule has 3 aromatic rings. The largest absolute Gasteiger partial charge is 0.492 e. The highest BCUT2D eigenvalue weighted by Gasteiger charge is 2.30. The third-order valence-electron chi connectivity index (χ3n) is 6.83. The molecule has 2 heterocycles. The number of ether oxygens (including phenoxy) is 1. The van der Waals surface area contributed by atoms with Gasteiger partial charge in [-0.05, 0) is 43.7 Å². The van der Waals surface area contributed by atoms with E-state index in [-0.39, 0.29) is 5.69 Å². The van der Waals surface area contributed by atoms with E-state index in [9.17, 15) is 13.2 Å². The molecule has 1 amide bonds. The first-order chi connectivity index (χ1) is 16.4. The number of carbonyl (C=O) groups excluding carboxylic acids is 1. The second-order valence-electron chi connectivity index (χ2n) is 9.48. The summed E-state index contributed by atoms with van der Waals surface area (Å²) in [5, 5.41) is 5.76. The molecule has 0 aliphatic heterocycles. The topological polar surface area (TPSA) is 103 Å². The Morgan fingerprint density at radius 3 is 2.47 bits per heavy atom. The SMILES string of the molecule is CS(=O)(=O)NC(=O)c1cc(OCC2CCCCC2)c2c(C3CCC3)nn(-c3ccccc3)c2n1. The highest BCUT2D eigenvalue weighted by atomic mass is 32.2. The van der Waals surface area contributed by atoms with E-state index in [1.54, 1.807) is 10.7 Å². The van der Waals surface area contributed by atoms with Gasteiger partial charge in [-0.1, -0.05) is 43.9 Å². The fourth-order valence-electron chi connectivity index (χ4n) is 4.84. The number of pyridine rings is 1. The van der Waals surface area contributed by atoms with E-state index >= 15 is 0 Å². The summed E-state index contributed by atoms with van der Waals surface area (Å²) in [6, 6.07) is 11.2. The first kappa shape index (κ1) is 22.8. The molecule has 0 unspecified atom stereocenters. The van der Waals surface area contributed by atoms with E-state index in [2.05, 4.69) is 4.98 Å². The lowest BCUT2D eigenvalue weighted by Gasteiger charge is -2.25. The molecule has 0 spiro atoms. The van der Waals surface area contributed by atoms with Gasteiger partial charge >= 0.3 is 0 Å². The lowest BCUT2D eigenvalue weighted by atomic mass is 9.82. The predicted octanol–water partition coefficient (Wildman–Crippen LogP) is 4.34. The molecule has 9 heteroatoms. The molecule has 2 aromatic heterocycles. The number of nitrogens with zero attached hydrogens (tertiary/aromatic N) is 3. The second-order valence-corrected chi connectivity index (χ2v) is 11.2. The van der Waals surface area contributed by atoms with Gasteiger partial charge in [-0.25, -0.2) is 22.8 Å². The molecule has 1 N–H and O–H groups in total. The van der Waals surface area contributed by atoms with Gasteiger partial charge in [0.05, 0.1) is 29.6 Å². The second kappa shape index (κ2) is 9.37. The van der Waals surface area contributed by atoms with Gasteiger partial charge in [0.15, 0.2) is 5.65 Å². The number of aromatic nitrogens is 3. The van der Waals surface area contributed by atoms with Crippen LogP contribution in [-0.2, 0) is 10.0 Å². The smallest absolute Gasteiger partial charge is 0.283 e. The van der Waals surface area contributed by atoms with E-state index in [4.69, 9.17) is 9.84 Å². The van der Waals surface area contributed by atoms with Crippen molar-refractivity contribution in [2.24, 2.45) is 5.92 Å². The Bertz CT molecular complexity index is 1290.